The van der Waals surface area contributed by atoms with E-state index >= 15 is 0 Å². The molecule has 0 fully saturated rings. The molecule has 0 aromatic carbocycles. The average molecular weight is 261 g/mol. The minimum atomic E-state index is -1.21. The fourth-order valence-corrected chi connectivity index (χ4v) is 1.95. The summed E-state index contributed by atoms with van der Waals surface area (Å²) in [6.07, 6.45) is 3.50. The first-order valence-electron chi connectivity index (χ1n) is 5.98. The molecule has 0 unspecified atom stereocenters. The number of pyridine rings is 1. The van der Waals surface area contributed by atoms with Crippen molar-refractivity contribution in [2.45, 2.75) is 26.9 Å². The van der Waals surface area contributed by atoms with Crippen LogP contribution in [0.2, 0.25) is 0 Å². The molecule has 100 valence electrons. The Morgan fingerprint density at radius 1 is 1.42 bits per heavy atom. The predicted octanol–water partition coefficient (Wildman–Crippen LogP) is 1.12. The highest BCUT2D eigenvalue weighted by Crippen LogP contribution is 2.04. The Morgan fingerprint density at radius 2 is 2.16 bits per heavy atom. The molecular formula is C13H15N3O3. The largest absolute Gasteiger partial charge is 0.477 e. The minimum Gasteiger partial charge on any atom is -0.477 e. The van der Waals surface area contributed by atoms with Crippen molar-refractivity contribution >= 4 is 5.97 Å². The van der Waals surface area contributed by atoms with E-state index in [-0.39, 0.29) is 12.1 Å². The molecule has 2 aromatic heterocycles. The fraction of sp³-hybridized carbons (Fsp3) is 0.308. The number of hydrogen-bond acceptors (Lipinski definition) is 3. The normalized spacial score (nSPS) is 10.6. The first-order chi connectivity index (χ1) is 9.04. The van der Waals surface area contributed by atoms with Gasteiger partial charge in [0.05, 0.1) is 6.54 Å². The van der Waals surface area contributed by atoms with E-state index in [1.54, 1.807) is 19.2 Å². The van der Waals surface area contributed by atoms with Gasteiger partial charge in [0.2, 0.25) is 0 Å². The number of hydrogen-bond donors (Lipinski definition) is 1. The van der Waals surface area contributed by atoms with Crippen molar-refractivity contribution in [2.24, 2.45) is 0 Å². The topological polar surface area (TPSA) is 77.1 Å². The molecule has 0 aliphatic rings. The van der Waals surface area contributed by atoms with E-state index in [4.69, 9.17) is 5.11 Å². The SMILES string of the molecule is CCn1ccnc1Cn1c(C)ccc(C(=O)O)c1=O. The van der Waals surface area contributed by atoms with Crippen LogP contribution in [0.3, 0.4) is 0 Å². The lowest BCUT2D eigenvalue weighted by Crippen LogP contribution is -2.29. The molecule has 6 nitrogen and oxygen atoms in total. The van der Waals surface area contributed by atoms with Crippen molar-refractivity contribution in [3.8, 4) is 0 Å². The van der Waals surface area contributed by atoms with Gasteiger partial charge in [-0.15, -0.1) is 0 Å². The Balaban J connectivity index is 2.48. The van der Waals surface area contributed by atoms with Crippen LogP contribution in [0.4, 0.5) is 0 Å². The van der Waals surface area contributed by atoms with Gasteiger partial charge >= 0.3 is 5.97 Å². The van der Waals surface area contributed by atoms with E-state index in [9.17, 15) is 9.59 Å². The summed E-state index contributed by atoms with van der Waals surface area (Å²) in [5.74, 6) is -0.479. The third-order valence-corrected chi connectivity index (χ3v) is 3.06. The van der Waals surface area contributed by atoms with Crippen LogP contribution in [0.5, 0.6) is 0 Å². The number of carboxylic acid groups (broad SMARTS) is 1. The van der Waals surface area contributed by atoms with Gasteiger partial charge in [-0.3, -0.25) is 4.79 Å². The Labute approximate surface area is 109 Å². The number of rotatable bonds is 4. The molecule has 1 N–H and O–H groups in total. The third-order valence-electron chi connectivity index (χ3n) is 3.06. The molecule has 0 saturated carbocycles. The maximum Gasteiger partial charge on any atom is 0.341 e. The van der Waals surface area contributed by atoms with E-state index in [0.29, 0.717) is 5.69 Å². The van der Waals surface area contributed by atoms with Crippen molar-refractivity contribution in [3.05, 3.63) is 52.0 Å². The third kappa shape index (κ3) is 2.42. The number of carbonyl (C=O) groups is 1. The number of aromatic nitrogens is 3. The lowest BCUT2D eigenvalue weighted by molar-refractivity contribution is 0.0694. The summed E-state index contributed by atoms with van der Waals surface area (Å²) in [7, 11) is 0. The van der Waals surface area contributed by atoms with Crippen LogP contribution in [0.25, 0.3) is 0 Å². The monoisotopic (exact) mass is 261 g/mol. The van der Waals surface area contributed by atoms with Gasteiger partial charge in [-0.2, -0.15) is 0 Å². The Hall–Kier alpha value is -2.37. The van der Waals surface area contributed by atoms with E-state index < -0.39 is 11.5 Å². The van der Waals surface area contributed by atoms with E-state index in [1.807, 2.05) is 17.7 Å². The smallest absolute Gasteiger partial charge is 0.341 e. The van der Waals surface area contributed by atoms with Gasteiger partial charge in [-0.1, -0.05) is 0 Å². The van der Waals surface area contributed by atoms with E-state index in [1.165, 1.54) is 10.6 Å². The Morgan fingerprint density at radius 3 is 2.79 bits per heavy atom. The Bertz CT molecular complexity index is 670. The van der Waals surface area contributed by atoms with Gasteiger partial charge in [0.1, 0.15) is 11.4 Å². The maximum atomic E-state index is 12.1. The molecule has 0 atom stereocenters. The number of aromatic carboxylic acids is 1. The molecule has 2 heterocycles. The summed E-state index contributed by atoms with van der Waals surface area (Å²) in [5, 5.41) is 8.97. The molecule has 2 aromatic rings. The van der Waals surface area contributed by atoms with E-state index in [2.05, 4.69) is 4.98 Å². The summed E-state index contributed by atoms with van der Waals surface area (Å²) in [6, 6.07) is 2.97. The highest BCUT2D eigenvalue weighted by molar-refractivity contribution is 5.87. The predicted molar refractivity (Wildman–Crippen MR) is 69.4 cm³/mol. The molecule has 0 saturated heterocycles. The summed E-state index contributed by atoms with van der Waals surface area (Å²) in [6.45, 7) is 4.77. The minimum absolute atomic E-state index is 0.222. The van der Waals surface area contributed by atoms with Crippen molar-refractivity contribution in [2.75, 3.05) is 0 Å². The summed E-state index contributed by atoms with van der Waals surface area (Å²) in [5.41, 5.74) is -0.0148. The zero-order valence-corrected chi connectivity index (χ0v) is 10.8. The summed E-state index contributed by atoms with van der Waals surface area (Å²) < 4.78 is 3.34. The Kier molecular flexibility index (Phi) is 3.50. The van der Waals surface area contributed by atoms with Crippen LogP contribution in [0, 0.1) is 6.92 Å². The lowest BCUT2D eigenvalue weighted by atomic mass is 10.2. The van der Waals surface area contributed by atoms with Crippen molar-refractivity contribution in [3.63, 3.8) is 0 Å². The van der Waals surface area contributed by atoms with Crippen LogP contribution >= 0.6 is 0 Å². The van der Waals surface area contributed by atoms with Gasteiger partial charge in [0.25, 0.3) is 5.56 Å². The maximum absolute atomic E-state index is 12.1. The molecule has 19 heavy (non-hydrogen) atoms. The van der Waals surface area contributed by atoms with Crippen LogP contribution in [0.15, 0.2) is 29.3 Å². The van der Waals surface area contributed by atoms with Gasteiger partial charge in [-0.25, -0.2) is 9.78 Å². The summed E-state index contributed by atoms with van der Waals surface area (Å²) in [4.78, 5) is 27.3. The molecule has 0 bridgehead atoms. The molecule has 0 spiro atoms. The van der Waals surface area contributed by atoms with Gasteiger partial charge < -0.3 is 14.2 Å². The molecule has 0 aliphatic heterocycles. The molecular weight excluding hydrogens is 246 g/mol. The van der Waals surface area contributed by atoms with Crippen molar-refractivity contribution < 1.29 is 9.90 Å². The second-order valence-corrected chi connectivity index (χ2v) is 4.21. The molecule has 0 radical (unpaired) electrons. The van der Waals surface area contributed by atoms with Crippen molar-refractivity contribution in [1.29, 1.82) is 0 Å². The molecule has 0 aliphatic carbocycles. The van der Waals surface area contributed by atoms with Crippen LogP contribution in [0.1, 0.15) is 28.8 Å². The highest BCUT2D eigenvalue weighted by Gasteiger charge is 2.13. The number of carboxylic acids is 1. The number of nitrogens with zero attached hydrogens (tertiary/aromatic N) is 3. The van der Waals surface area contributed by atoms with Crippen LogP contribution in [-0.2, 0) is 13.1 Å². The van der Waals surface area contributed by atoms with Crippen LogP contribution < -0.4 is 5.56 Å². The number of aryl methyl sites for hydroxylation is 2. The molecule has 6 heteroatoms. The van der Waals surface area contributed by atoms with E-state index in [0.717, 1.165) is 12.4 Å². The van der Waals surface area contributed by atoms with Gasteiger partial charge in [-0.05, 0) is 26.0 Å². The first-order valence-corrected chi connectivity index (χ1v) is 5.98. The van der Waals surface area contributed by atoms with Crippen molar-refractivity contribution in [1.82, 2.24) is 14.1 Å². The number of imidazole rings is 1. The second kappa shape index (κ2) is 5.09. The quantitative estimate of drug-likeness (QED) is 0.894. The highest BCUT2D eigenvalue weighted by atomic mass is 16.4. The standard InChI is InChI=1S/C13H15N3O3/c1-3-15-7-6-14-11(15)8-16-9(2)4-5-10(12(16)17)13(18)19/h4-7H,3,8H2,1-2H3,(H,18,19). The first kappa shape index (κ1) is 13.1. The molecule has 0 amide bonds. The average Bonchev–Trinajstić information content (AvgIpc) is 2.81. The summed E-state index contributed by atoms with van der Waals surface area (Å²) >= 11 is 0. The second-order valence-electron chi connectivity index (χ2n) is 4.21. The van der Waals surface area contributed by atoms with Gasteiger partial charge in [0.15, 0.2) is 0 Å². The zero-order valence-electron chi connectivity index (χ0n) is 10.8. The molecule has 2 rings (SSSR count). The van der Waals surface area contributed by atoms with Crippen LogP contribution in [-0.4, -0.2) is 25.2 Å². The zero-order chi connectivity index (χ0) is 14.0. The fourth-order valence-electron chi connectivity index (χ4n) is 1.95. The lowest BCUT2D eigenvalue weighted by Gasteiger charge is -2.11. The van der Waals surface area contributed by atoms with Gasteiger partial charge in [0, 0.05) is 24.6 Å².